The molecule has 35 heavy (non-hydrogen) atoms. The van der Waals surface area contributed by atoms with Gasteiger partial charge in [0.1, 0.15) is 0 Å². The zero-order chi connectivity index (χ0) is 26.2. The molecule has 1 aliphatic heterocycles. The van der Waals surface area contributed by atoms with Crippen molar-refractivity contribution in [1.82, 2.24) is 0 Å². The molecule has 3 nitrogen and oxygen atoms in total. The van der Waals surface area contributed by atoms with Crippen molar-refractivity contribution in [2.24, 2.45) is 11.3 Å². The molecule has 1 heterocycles. The maximum Gasteiger partial charge on any atom is 0.337 e. The van der Waals surface area contributed by atoms with Gasteiger partial charge in [0, 0.05) is 5.41 Å². The Hall–Kier alpha value is -2.39. The number of carbonyl (C=O) groups is 1. The van der Waals surface area contributed by atoms with Crippen LogP contribution in [0.25, 0.3) is 12.2 Å². The van der Waals surface area contributed by atoms with Crippen molar-refractivity contribution in [3.63, 3.8) is 0 Å². The van der Waals surface area contributed by atoms with Gasteiger partial charge in [-0.25, -0.2) is 4.79 Å². The molecular formula is C32H44O3. The summed E-state index contributed by atoms with van der Waals surface area (Å²) >= 11 is 0. The van der Waals surface area contributed by atoms with Crippen molar-refractivity contribution < 1.29 is 14.3 Å². The second kappa shape index (κ2) is 9.93. The van der Waals surface area contributed by atoms with E-state index >= 15 is 0 Å². The molecule has 3 heteroatoms. The minimum Gasteiger partial charge on any atom is -0.465 e. The summed E-state index contributed by atoms with van der Waals surface area (Å²) in [5.74, 6) is 0.186. The summed E-state index contributed by atoms with van der Waals surface area (Å²) < 4.78 is 11.4. The number of rotatable bonds is 3. The second-order valence-electron chi connectivity index (χ2n) is 11.9. The summed E-state index contributed by atoms with van der Waals surface area (Å²) in [5.41, 5.74) is 7.22. The zero-order valence-corrected chi connectivity index (χ0v) is 23.4. The van der Waals surface area contributed by atoms with E-state index in [-0.39, 0.29) is 28.3 Å². The van der Waals surface area contributed by atoms with E-state index in [9.17, 15) is 4.79 Å². The SMILES string of the molecule is CC.COC(=O)c1ccc(/C=C/c2cc3c(cc2C)C(C)(C)[C@@H]2CC(C)(C)COC2C3(C)C)cc1. The molecule has 1 fully saturated rings. The number of fused-ring (bicyclic) bond motifs is 2. The Kier molecular flexibility index (Phi) is 7.72. The molecule has 0 radical (unpaired) electrons. The molecular weight excluding hydrogens is 432 g/mol. The van der Waals surface area contributed by atoms with Gasteiger partial charge in [0.05, 0.1) is 25.4 Å². The summed E-state index contributed by atoms with van der Waals surface area (Å²) in [6.45, 7) is 21.2. The van der Waals surface area contributed by atoms with Crippen LogP contribution in [0, 0.1) is 18.3 Å². The number of aryl methyl sites for hydroxylation is 1. The Morgan fingerprint density at radius 1 is 0.943 bits per heavy atom. The number of carbonyl (C=O) groups excluding carboxylic acids is 1. The maximum atomic E-state index is 11.7. The molecule has 1 unspecified atom stereocenters. The molecule has 0 saturated carbocycles. The van der Waals surface area contributed by atoms with Crippen LogP contribution in [0.4, 0.5) is 0 Å². The van der Waals surface area contributed by atoms with Gasteiger partial charge in [-0.15, -0.1) is 0 Å². The van der Waals surface area contributed by atoms with Crippen LogP contribution in [0.5, 0.6) is 0 Å². The second-order valence-corrected chi connectivity index (χ2v) is 11.9. The standard InChI is InChI=1S/C30H38O3.C2H6/c1-19-15-23-24(16-22(19)14-11-20-9-12-21(13-10-20)27(31)32-8)30(6,7)26-25(29(23,4)5)17-28(2,3)18-33-26;1-2/h9-16,25-26H,17-18H2,1-8H3;1-2H3/b14-11+;/t25-,26?;/m1./s1. The molecule has 2 aromatic rings. The fraction of sp³-hybridized carbons (Fsp3) is 0.531. The van der Waals surface area contributed by atoms with Crippen LogP contribution in [0.2, 0.25) is 0 Å². The lowest BCUT2D eigenvalue weighted by atomic mass is 9.52. The van der Waals surface area contributed by atoms with Gasteiger partial charge in [0.2, 0.25) is 0 Å². The predicted octanol–water partition coefficient (Wildman–Crippen LogP) is 7.98. The van der Waals surface area contributed by atoms with Crippen molar-refractivity contribution >= 4 is 18.1 Å². The van der Waals surface area contributed by atoms with E-state index in [0.29, 0.717) is 11.5 Å². The molecule has 0 bridgehead atoms. The average molecular weight is 477 g/mol. The lowest BCUT2D eigenvalue weighted by Gasteiger charge is -2.57. The van der Waals surface area contributed by atoms with Gasteiger partial charge in [-0.3, -0.25) is 0 Å². The Morgan fingerprint density at radius 2 is 1.54 bits per heavy atom. The summed E-state index contributed by atoms with van der Waals surface area (Å²) in [4.78, 5) is 11.7. The lowest BCUT2D eigenvalue weighted by Crippen LogP contribution is -2.58. The zero-order valence-electron chi connectivity index (χ0n) is 23.4. The minimum absolute atomic E-state index is 0.0511. The maximum absolute atomic E-state index is 11.7. The Morgan fingerprint density at radius 3 is 2.14 bits per heavy atom. The van der Waals surface area contributed by atoms with Crippen LogP contribution in [0.1, 0.15) is 100.0 Å². The highest BCUT2D eigenvalue weighted by Crippen LogP contribution is 2.56. The first-order valence-corrected chi connectivity index (χ1v) is 13.0. The van der Waals surface area contributed by atoms with E-state index in [1.54, 1.807) is 12.1 Å². The Balaban J connectivity index is 0.00000167. The highest BCUT2D eigenvalue weighted by atomic mass is 16.5. The first-order valence-electron chi connectivity index (χ1n) is 13.0. The quantitative estimate of drug-likeness (QED) is 0.333. The fourth-order valence-corrected chi connectivity index (χ4v) is 5.90. The number of hydrogen-bond acceptors (Lipinski definition) is 3. The highest BCUT2D eigenvalue weighted by molar-refractivity contribution is 5.89. The van der Waals surface area contributed by atoms with Gasteiger partial charge in [0.15, 0.2) is 0 Å². The first kappa shape index (κ1) is 27.2. The molecule has 1 saturated heterocycles. The van der Waals surface area contributed by atoms with Gasteiger partial charge in [-0.05, 0) is 70.0 Å². The summed E-state index contributed by atoms with van der Waals surface area (Å²) in [6, 6.07) is 12.3. The minimum atomic E-state index is -0.312. The topological polar surface area (TPSA) is 35.5 Å². The molecule has 0 spiro atoms. The van der Waals surface area contributed by atoms with Crippen LogP contribution >= 0.6 is 0 Å². The Bertz CT molecular complexity index is 1090. The van der Waals surface area contributed by atoms with Crippen LogP contribution in [-0.4, -0.2) is 25.8 Å². The number of hydrogen-bond donors (Lipinski definition) is 0. The van der Waals surface area contributed by atoms with Crippen molar-refractivity contribution in [2.75, 3.05) is 13.7 Å². The van der Waals surface area contributed by atoms with Crippen molar-refractivity contribution in [3.8, 4) is 0 Å². The number of benzene rings is 2. The van der Waals surface area contributed by atoms with Gasteiger partial charge in [-0.2, -0.15) is 0 Å². The predicted molar refractivity (Wildman–Crippen MR) is 147 cm³/mol. The smallest absolute Gasteiger partial charge is 0.337 e. The monoisotopic (exact) mass is 476 g/mol. The van der Waals surface area contributed by atoms with E-state index in [1.165, 1.54) is 35.8 Å². The van der Waals surface area contributed by atoms with Crippen molar-refractivity contribution in [3.05, 3.63) is 69.8 Å². The van der Waals surface area contributed by atoms with Crippen LogP contribution in [0.15, 0.2) is 36.4 Å². The fourth-order valence-electron chi connectivity index (χ4n) is 5.90. The first-order chi connectivity index (χ1) is 16.4. The Labute approximate surface area is 212 Å². The third kappa shape index (κ3) is 5.11. The molecule has 2 atom stereocenters. The van der Waals surface area contributed by atoms with Gasteiger partial charge in [-0.1, -0.05) is 91.8 Å². The summed E-state index contributed by atoms with van der Waals surface area (Å²) in [6.07, 6.45) is 5.70. The van der Waals surface area contributed by atoms with Crippen LogP contribution in [-0.2, 0) is 20.3 Å². The van der Waals surface area contributed by atoms with Gasteiger partial charge in [0.25, 0.3) is 0 Å². The molecule has 190 valence electrons. The van der Waals surface area contributed by atoms with Crippen LogP contribution < -0.4 is 0 Å². The summed E-state index contributed by atoms with van der Waals surface area (Å²) in [5, 5.41) is 0. The third-order valence-corrected chi connectivity index (χ3v) is 8.01. The van der Waals surface area contributed by atoms with Crippen molar-refractivity contribution in [2.45, 2.75) is 85.7 Å². The summed E-state index contributed by atoms with van der Waals surface area (Å²) in [7, 11) is 1.40. The van der Waals surface area contributed by atoms with E-state index in [4.69, 9.17) is 9.47 Å². The molecule has 2 aliphatic rings. The molecule has 0 amide bonds. The van der Waals surface area contributed by atoms with E-state index in [1.807, 2.05) is 26.0 Å². The average Bonchev–Trinajstić information content (AvgIpc) is 2.82. The number of esters is 1. The largest absolute Gasteiger partial charge is 0.465 e. The highest BCUT2D eigenvalue weighted by Gasteiger charge is 2.55. The lowest BCUT2D eigenvalue weighted by molar-refractivity contribution is -0.140. The van der Waals surface area contributed by atoms with E-state index in [0.717, 1.165) is 12.2 Å². The molecule has 1 aliphatic carbocycles. The van der Waals surface area contributed by atoms with Gasteiger partial charge < -0.3 is 9.47 Å². The third-order valence-electron chi connectivity index (χ3n) is 8.01. The molecule has 0 aromatic heterocycles. The molecule has 2 aromatic carbocycles. The number of methoxy groups -OCH3 is 1. The number of ether oxygens (including phenoxy) is 2. The van der Waals surface area contributed by atoms with Crippen LogP contribution in [0.3, 0.4) is 0 Å². The molecule has 0 N–H and O–H groups in total. The van der Waals surface area contributed by atoms with Crippen molar-refractivity contribution in [1.29, 1.82) is 0 Å². The van der Waals surface area contributed by atoms with Gasteiger partial charge >= 0.3 is 5.97 Å². The van der Waals surface area contributed by atoms with E-state index in [2.05, 4.69) is 72.8 Å². The molecule has 4 rings (SSSR count). The van der Waals surface area contributed by atoms with E-state index < -0.39 is 0 Å². The normalized spacial score (nSPS) is 23.5.